The number of nitrogens with zero attached hydrogens (tertiary/aromatic N) is 2. The van der Waals surface area contributed by atoms with Crippen LogP contribution in [0.1, 0.15) is 20.3 Å². The Balaban J connectivity index is 1.96. The van der Waals surface area contributed by atoms with Gasteiger partial charge in [-0.1, -0.05) is 17.8 Å². The number of benzene rings is 1. The second-order valence-corrected chi connectivity index (χ2v) is 7.50. The predicted octanol–water partition coefficient (Wildman–Crippen LogP) is 3.61. The molecule has 0 spiro atoms. The predicted molar refractivity (Wildman–Crippen MR) is 107 cm³/mol. The standard InChI is InChI=1S/C19H19F3N4O3S/c1-4-5-12(23-3)15-9-14-17(18(28)26(15)25-10(2)27)30-16-8-11(29-19(20,21)22)6-7-13(16)24-14/h4-8,15,24H,9H2,1-3H3,(H,25,27)/b5-4-,23-12?. The van der Waals surface area contributed by atoms with Crippen LogP contribution in [0.5, 0.6) is 5.75 Å². The van der Waals surface area contributed by atoms with Crippen molar-refractivity contribution in [3.8, 4) is 5.75 Å². The van der Waals surface area contributed by atoms with Crippen LogP contribution in [-0.2, 0) is 9.59 Å². The molecule has 2 aliphatic heterocycles. The number of amides is 2. The number of halogens is 3. The number of hydrazine groups is 1. The Hall–Kier alpha value is -2.95. The van der Waals surface area contributed by atoms with Crippen molar-refractivity contribution in [2.24, 2.45) is 4.99 Å². The van der Waals surface area contributed by atoms with Gasteiger partial charge in [0.2, 0.25) is 5.91 Å². The molecule has 1 aromatic rings. The van der Waals surface area contributed by atoms with Crippen molar-refractivity contribution < 1.29 is 27.5 Å². The van der Waals surface area contributed by atoms with Gasteiger partial charge in [0.1, 0.15) is 11.8 Å². The maximum atomic E-state index is 13.2. The third-order valence-corrected chi connectivity index (χ3v) is 5.48. The van der Waals surface area contributed by atoms with E-state index in [1.54, 1.807) is 19.2 Å². The Morgan fingerprint density at radius 2 is 2.17 bits per heavy atom. The summed E-state index contributed by atoms with van der Waals surface area (Å²) in [5.41, 5.74) is 4.30. The molecule has 3 rings (SSSR count). The van der Waals surface area contributed by atoms with Crippen LogP contribution in [0.15, 0.2) is 50.8 Å². The fourth-order valence-corrected chi connectivity index (χ4v) is 4.24. The molecule has 1 unspecified atom stereocenters. The largest absolute Gasteiger partial charge is 0.573 e. The van der Waals surface area contributed by atoms with E-state index in [0.29, 0.717) is 28.4 Å². The first-order valence-corrected chi connectivity index (χ1v) is 9.72. The summed E-state index contributed by atoms with van der Waals surface area (Å²) in [6, 6.07) is 3.35. The van der Waals surface area contributed by atoms with Crippen LogP contribution in [0.4, 0.5) is 18.9 Å². The number of hydrogen-bond acceptors (Lipinski definition) is 6. The lowest BCUT2D eigenvalue weighted by Crippen LogP contribution is -2.57. The molecule has 11 heteroatoms. The molecule has 2 heterocycles. The second-order valence-electron chi connectivity index (χ2n) is 6.45. The van der Waals surface area contributed by atoms with Crippen molar-refractivity contribution in [3.63, 3.8) is 0 Å². The minimum Gasteiger partial charge on any atom is -0.406 e. The number of hydrogen-bond donors (Lipinski definition) is 2. The number of rotatable bonds is 4. The molecule has 2 aliphatic rings. The zero-order valence-electron chi connectivity index (χ0n) is 16.3. The van der Waals surface area contributed by atoms with E-state index in [1.807, 2.05) is 6.92 Å². The van der Waals surface area contributed by atoms with Gasteiger partial charge in [-0.15, -0.1) is 13.2 Å². The average molecular weight is 440 g/mol. The van der Waals surface area contributed by atoms with Crippen LogP contribution in [0, 0.1) is 0 Å². The number of carbonyl (C=O) groups is 2. The third-order valence-electron chi connectivity index (χ3n) is 4.30. The second kappa shape index (κ2) is 8.42. The summed E-state index contributed by atoms with van der Waals surface area (Å²) in [6.45, 7) is 3.10. The van der Waals surface area contributed by atoms with E-state index in [2.05, 4.69) is 20.5 Å². The summed E-state index contributed by atoms with van der Waals surface area (Å²) in [5, 5.41) is 4.33. The van der Waals surface area contributed by atoms with Crippen LogP contribution in [0.25, 0.3) is 0 Å². The van der Waals surface area contributed by atoms with Crippen molar-refractivity contribution in [2.45, 2.75) is 37.6 Å². The summed E-state index contributed by atoms with van der Waals surface area (Å²) in [6.07, 6.45) is -0.942. The lowest BCUT2D eigenvalue weighted by atomic mass is 10.00. The Labute approximate surface area is 175 Å². The lowest BCUT2D eigenvalue weighted by Gasteiger charge is -2.39. The van der Waals surface area contributed by atoms with E-state index in [1.165, 1.54) is 30.1 Å². The van der Waals surface area contributed by atoms with Crippen molar-refractivity contribution in [1.82, 2.24) is 10.4 Å². The zero-order valence-corrected chi connectivity index (χ0v) is 17.1. The molecule has 7 nitrogen and oxygen atoms in total. The maximum Gasteiger partial charge on any atom is 0.573 e. The molecule has 0 aromatic heterocycles. The summed E-state index contributed by atoms with van der Waals surface area (Å²) >= 11 is 1.02. The lowest BCUT2D eigenvalue weighted by molar-refractivity contribution is -0.274. The number of alkyl halides is 3. The molecule has 2 amide bonds. The number of aliphatic imine (C=N–C) groups is 1. The molecular weight excluding hydrogens is 421 g/mol. The van der Waals surface area contributed by atoms with Gasteiger partial charge in [0.05, 0.1) is 16.3 Å². The van der Waals surface area contributed by atoms with Crippen LogP contribution in [0.2, 0.25) is 0 Å². The van der Waals surface area contributed by atoms with Gasteiger partial charge in [0.15, 0.2) is 0 Å². The summed E-state index contributed by atoms with van der Waals surface area (Å²) in [7, 11) is 1.59. The minimum absolute atomic E-state index is 0.285. The summed E-state index contributed by atoms with van der Waals surface area (Å²) in [5.74, 6) is -1.29. The van der Waals surface area contributed by atoms with Gasteiger partial charge in [0, 0.05) is 31.0 Å². The van der Waals surface area contributed by atoms with Crippen molar-refractivity contribution >= 4 is 35.0 Å². The van der Waals surface area contributed by atoms with Gasteiger partial charge >= 0.3 is 6.36 Å². The normalized spacial score (nSPS) is 19.4. The average Bonchev–Trinajstić information content (AvgIpc) is 2.65. The number of carbonyl (C=O) groups excluding carboxylic acids is 2. The van der Waals surface area contributed by atoms with Crippen molar-refractivity contribution in [2.75, 3.05) is 12.4 Å². The van der Waals surface area contributed by atoms with E-state index in [0.717, 1.165) is 11.8 Å². The van der Waals surface area contributed by atoms with E-state index in [9.17, 15) is 22.8 Å². The molecule has 0 saturated heterocycles. The third kappa shape index (κ3) is 4.61. The topological polar surface area (TPSA) is 83.0 Å². The SMILES string of the molecule is C/C=C\C(=NC)C1CC2=C(Sc3cc(OC(F)(F)F)ccc3N2)C(=O)N1NC(C)=O. The molecule has 2 N–H and O–H groups in total. The molecule has 0 fully saturated rings. The monoisotopic (exact) mass is 440 g/mol. The maximum absolute atomic E-state index is 13.2. The number of fused-ring (bicyclic) bond motifs is 1. The van der Waals surface area contributed by atoms with Crippen LogP contribution >= 0.6 is 11.8 Å². The number of ether oxygens (including phenoxy) is 1. The van der Waals surface area contributed by atoms with E-state index < -0.39 is 24.2 Å². The molecule has 0 saturated carbocycles. The van der Waals surface area contributed by atoms with Gasteiger partial charge in [0.25, 0.3) is 5.91 Å². The quantitative estimate of drug-likeness (QED) is 0.699. The highest BCUT2D eigenvalue weighted by molar-refractivity contribution is 8.04. The number of thioether (sulfide) groups is 1. The molecular formula is C19H19F3N4O3S. The highest BCUT2D eigenvalue weighted by Gasteiger charge is 2.40. The first kappa shape index (κ1) is 21.8. The zero-order chi connectivity index (χ0) is 22.1. The molecule has 1 aromatic carbocycles. The molecule has 30 heavy (non-hydrogen) atoms. The molecule has 0 bridgehead atoms. The van der Waals surface area contributed by atoms with Crippen LogP contribution < -0.4 is 15.5 Å². The van der Waals surface area contributed by atoms with Crippen LogP contribution in [0.3, 0.4) is 0 Å². The first-order chi connectivity index (χ1) is 14.1. The fourth-order valence-electron chi connectivity index (χ4n) is 3.17. The minimum atomic E-state index is -4.82. The first-order valence-electron chi connectivity index (χ1n) is 8.91. The van der Waals surface area contributed by atoms with Crippen molar-refractivity contribution in [3.05, 3.63) is 41.0 Å². The number of nitrogens with one attached hydrogen (secondary N) is 2. The highest BCUT2D eigenvalue weighted by Crippen LogP contribution is 2.45. The Bertz CT molecular complexity index is 972. The number of allylic oxidation sites excluding steroid dienone is 1. The molecule has 1 atom stereocenters. The Morgan fingerprint density at radius 3 is 2.77 bits per heavy atom. The Kier molecular flexibility index (Phi) is 6.11. The van der Waals surface area contributed by atoms with Crippen molar-refractivity contribution in [1.29, 1.82) is 0 Å². The Morgan fingerprint density at radius 1 is 1.43 bits per heavy atom. The molecule has 160 valence electrons. The number of anilines is 1. The molecule has 0 aliphatic carbocycles. The van der Waals surface area contributed by atoms with E-state index >= 15 is 0 Å². The van der Waals surface area contributed by atoms with Gasteiger partial charge in [-0.25, -0.2) is 5.01 Å². The van der Waals surface area contributed by atoms with Gasteiger partial charge in [-0.05, 0) is 31.2 Å². The van der Waals surface area contributed by atoms with Gasteiger partial charge < -0.3 is 10.1 Å². The van der Waals surface area contributed by atoms with E-state index in [4.69, 9.17) is 0 Å². The van der Waals surface area contributed by atoms with Crippen LogP contribution in [-0.4, -0.2) is 42.0 Å². The molecule has 0 radical (unpaired) electrons. The summed E-state index contributed by atoms with van der Waals surface area (Å²) in [4.78, 5) is 29.8. The highest BCUT2D eigenvalue weighted by atomic mass is 32.2. The smallest absolute Gasteiger partial charge is 0.406 e. The van der Waals surface area contributed by atoms with Gasteiger partial charge in [-0.2, -0.15) is 0 Å². The summed E-state index contributed by atoms with van der Waals surface area (Å²) < 4.78 is 41.5. The fraction of sp³-hybridized carbons (Fsp3) is 0.316. The van der Waals surface area contributed by atoms with Gasteiger partial charge in [-0.3, -0.25) is 20.0 Å². The van der Waals surface area contributed by atoms with E-state index in [-0.39, 0.29) is 10.7 Å².